The summed E-state index contributed by atoms with van der Waals surface area (Å²) in [6.45, 7) is 5.31. The second kappa shape index (κ2) is 7.08. The molecule has 0 aliphatic heterocycles. The van der Waals surface area contributed by atoms with Crippen LogP contribution in [-0.2, 0) is 10.0 Å². The third kappa shape index (κ3) is 5.73. The number of ether oxygens (including phenoxy) is 1. The van der Waals surface area contributed by atoms with Crippen LogP contribution in [0.4, 0.5) is 10.6 Å². The smallest absolute Gasteiger partial charge is 0.317 e. The van der Waals surface area contributed by atoms with Crippen LogP contribution in [-0.4, -0.2) is 25.0 Å². The molecule has 0 aliphatic rings. The van der Waals surface area contributed by atoms with Crippen molar-refractivity contribution in [2.24, 2.45) is 5.73 Å². The number of pyridine rings is 1. The van der Waals surface area contributed by atoms with Crippen molar-refractivity contribution in [1.82, 2.24) is 9.71 Å². The number of amides is 2. The third-order valence-corrected chi connectivity index (χ3v) is 4.57. The quantitative estimate of drug-likeness (QED) is 0.752. The molecule has 8 nitrogen and oxygen atoms in total. The number of aromatic nitrogens is 1. The lowest BCUT2D eigenvalue weighted by Crippen LogP contribution is -2.40. The van der Waals surface area contributed by atoms with Gasteiger partial charge in [-0.05, 0) is 57.2 Å². The predicted octanol–water partition coefficient (Wildman–Crippen LogP) is 2.44. The number of nitrogens with zero attached hydrogens (tertiary/aromatic N) is 1. The SMILES string of the molecule is CC(C)(C)NS(=O)(=O)c1ccc(Oc2ccc(NC(N)=O)nc2)cc1. The number of sulfonamides is 1. The average molecular weight is 364 g/mol. The minimum atomic E-state index is -3.59. The normalized spacial score (nSPS) is 11.8. The molecule has 0 unspecified atom stereocenters. The van der Waals surface area contributed by atoms with Crippen molar-refractivity contribution >= 4 is 21.9 Å². The second-order valence-corrected chi connectivity index (χ2v) is 7.98. The van der Waals surface area contributed by atoms with Crippen LogP contribution in [0.1, 0.15) is 20.8 Å². The van der Waals surface area contributed by atoms with Crippen LogP contribution in [0.25, 0.3) is 0 Å². The monoisotopic (exact) mass is 364 g/mol. The lowest BCUT2D eigenvalue weighted by atomic mass is 10.1. The van der Waals surface area contributed by atoms with Crippen LogP contribution < -0.4 is 20.5 Å². The maximum Gasteiger partial charge on any atom is 0.317 e. The Hall–Kier alpha value is -2.65. The fourth-order valence-corrected chi connectivity index (χ4v) is 3.34. The number of rotatable bonds is 5. The average Bonchev–Trinajstić information content (AvgIpc) is 2.47. The minimum Gasteiger partial charge on any atom is -0.456 e. The standard InChI is InChI=1S/C16H20N4O4S/c1-16(2,3)20-25(22,23)13-7-4-11(5-8-13)24-12-6-9-14(18-10-12)19-15(17)21/h4-10,20H,1-3H3,(H3,17,18,19,21). The summed E-state index contributed by atoms with van der Waals surface area (Å²) < 4.78 is 32.6. The number of carbonyl (C=O) groups excluding carboxylic acids is 1. The molecule has 0 fully saturated rings. The van der Waals surface area contributed by atoms with Gasteiger partial charge in [-0.1, -0.05) is 0 Å². The van der Waals surface area contributed by atoms with Crippen LogP contribution in [0.15, 0.2) is 47.5 Å². The summed E-state index contributed by atoms with van der Waals surface area (Å²) in [6.07, 6.45) is 1.41. The zero-order valence-electron chi connectivity index (χ0n) is 14.1. The Morgan fingerprint density at radius 3 is 2.16 bits per heavy atom. The lowest BCUT2D eigenvalue weighted by Gasteiger charge is -2.20. The van der Waals surface area contributed by atoms with Gasteiger partial charge in [0.1, 0.15) is 17.3 Å². The van der Waals surface area contributed by atoms with Gasteiger partial charge in [0, 0.05) is 5.54 Å². The molecule has 2 rings (SSSR count). The Labute approximate surface area is 146 Å². The number of benzene rings is 1. The number of primary amides is 1. The first-order valence-corrected chi connectivity index (χ1v) is 8.88. The molecule has 4 N–H and O–H groups in total. The third-order valence-electron chi connectivity index (χ3n) is 2.80. The first-order valence-electron chi connectivity index (χ1n) is 7.40. The van der Waals surface area contributed by atoms with E-state index in [-0.39, 0.29) is 4.90 Å². The van der Waals surface area contributed by atoms with Crippen LogP contribution in [0.2, 0.25) is 0 Å². The highest BCUT2D eigenvalue weighted by atomic mass is 32.2. The molecule has 2 aromatic rings. The maximum absolute atomic E-state index is 12.2. The van der Waals surface area contributed by atoms with Crippen LogP contribution in [0.5, 0.6) is 11.5 Å². The van der Waals surface area contributed by atoms with Gasteiger partial charge < -0.3 is 10.5 Å². The Morgan fingerprint density at radius 2 is 1.68 bits per heavy atom. The number of nitrogens with two attached hydrogens (primary N) is 1. The molecule has 2 amide bonds. The van der Waals surface area contributed by atoms with Gasteiger partial charge in [0.2, 0.25) is 10.0 Å². The molecule has 1 aromatic carbocycles. The highest BCUT2D eigenvalue weighted by Crippen LogP contribution is 2.23. The van der Waals surface area contributed by atoms with Gasteiger partial charge in [-0.15, -0.1) is 0 Å². The highest BCUT2D eigenvalue weighted by molar-refractivity contribution is 7.89. The van der Waals surface area contributed by atoms with Crippen LogP contribution in [0, 0.1) is 0 Å². The van der Waals surface area contributed by atoms with E-state index in [2.05, 4.69) is 15.0 Å². The zero-order chi connectivity index (χ0) is 18.7. The molecule has 0 spiro atoms. The highest BCUT2D eigenvalue weighted by Gasteiger charge is 2.21. The summed E-state index contributed by atoms with van der Waals surface area (Å²) in [5, 5.41) is 2.34. The molecule has 9 heteroatoms. The van der Waals surface area contributed by atoms with Crippen molar-refractivity contribution in [3.05, 3.63) is 42.6 Å². The largest absolute Gasteiger partial charge is 0.456 e. The summed E-state index contributed by atoms with van der Waals surface area (Å²) in [5.41, 5.74) is 4.43. The Bertz CT molecular complexity index is 841. The molecule has 1 heterocycles. The number of anilines is 1. The van der Waals surface area contributed by atoms with Crippen molar-refractivity contribution in [2.45, 2.75) is 31.2 Å². The lowest BCUT2D eigenvalue weighted by molar-refractivity contribution is 0.259. The topological polar surface area (TPSA) is 123 Å². The molecule has 0 atom stereocenters. The number of carbonyl (C=O) groups is 1. The Morgan fingerprint density at radius 1 is 1.08 bits per heavy atom. The summed E-state index contributed by atoms with van der Waals surface area (Å²) in [6, 6.07) is 8.44. The number of hydrogen-bond donors (Lipinski definition) is 3. The van der Waals surface area contributed by atoms with Gasteiger partial charge in [0.15, 0.2) is 0 Å². The zero-order valence-corrected chi connectivity index (χ0v) is 14.9. The second-order valence-electron chi connectivity index (χ2n) is 6.30. The predicted molar refractivity (Wildman–Crippen MR) is 94.0 cm³/mol. The molecule has 25 heavy (non-hydrogen) atoms. The van der Waals surface area contributed by atoms with Crippen molar-refractivity contribution in [3.63, 3.8) is 0 Å². The van der Waals surface area contributed by atoms with Gasteiger partial charge in [0.25, 0.3) is 0 Å². The van der Waals surface area contributed by atoms with Gasteiger partial charge in [-0.3, -0.25) is 5.32 Å². The first kappa shape index (κ1) is 18.7. The molecule has 0 saturated heterocycles. The van der Waals surface area contributed by atoms with Crippen LogP contribution in [0.3, 0.4) is 0 Å². The van der Waals surface area contributed by atoms with Crippen LogP contribution >= 0.6 is 0 Å². The van der Waals surface area contributed by atoms with Gasteiger partial charge in [0.05, 0.1) is 11.1 Å². The van der Waals surface area contributed by atoms with Crippen molar-refractivity contribution < 1.29 is 17.9 Å². The first-order chi connectivity index (χ1) is 11.5. The number of nitrogens with one attached hydrogen (secondary N) is 2. The van der Waals surface area contributed by atoms with E-state index in [4.69, 9.17) is 10.5 Å². The summed E-state index contributed by atoms with van der Waals surface area (Å²) >= 11 is 0. The van der Waals surface area contributed by atoms with Crippen molar-refractivity contribution in [3.8, 4) is 11.5 Å². The van der Waals surface area contributed by atoms with Gasteiger partial charge in [-0.25, -0.2) is 22.9 Å². The van der Waals surface area contributed by atoms with E-state index in [1.165, 1.54) is 24.4 Å². The minimum absolute atomic E-state index is 0.147. The molecular weight excluding hydrogens is 344 g/mol. The van der Waals surface area contributed by atoms with Gasteiger partial charge >= 0.3 is 6.03 Å². The van der Waals surface area contributed by atoms with E-state index < -0.39 is 21.6 Å². The van der Waals surface area contributed by atoms with Crippen molar-refractivity contribution in [1.29, 1.82) is 0 Å². The number of hydrogen-bond acceptors (Lipinski definition) is 5. The Kier molecular flexibility index (Phi) is 5.29. The molecule has 0 saturated carbocycles. The molecule has 0 aliphatic carbocycles. The van der Waals surface area contributed by atoms with E-state index in [1.54, 1.807) is 39.0 Å². The van der Waals surface area contributed by atoms with E-state index in [9.17, 15) is 13.2 Å². The van der Waals surface area contributed by atoms with E-state index in [0.717, 1.165) is 0 Å². The Balaban J connectivity index is 2.09. The summed E-state index contributed by atoms with van der Waals surface area (Å²) in [4.78, 5) is 14.8. The fourth-order valence-electron chi connectivity index (χ4n) is 1.93. The van der Waals surface area contributed by atoms with E-state index in [1.807, 2.05) is 0 Å². The van der Waals surface area contributed by atoms with E-state index >= 15 is 0 Å². The molecule has 1 aromatic heterocycles. The number of urea groups is 1. The fraction of sp³-hybridized carbons (Fsp3) is 0.250. The van der Waals surface area contributed by atoms with Gasteiger partial charge in [-0.2, -0.15) is 0 Å². The van der Waals surface area contributed by atoms with Crippen molar-refractivity contribution in [2.75, 3.05) is 5.32 Å². The summed E-state index contributed by atoms with van der Waals surface area (Å²) in [7, 11) is -3.59. The molecule has 0 radical (unpaired) electrons. The summed E-state index contributed by atoms with van der Waals surface area (Å²) in [5.74, 6) is 1.18. The maximum atomic E-state index is 12.2. The molecule has 134 valence electrons. The molecule has 0 bridgehead atoms. The molecular formula is C16H20N4O4S. The van der Waals surface area contributed by atoms with E-state index in [0.29, 0.717) is 17.3 Å².